The molecule has 0 N–H and O–H groups in total. The molecule has 0 spiro atoms. The van der Waals surface area contributed by atoms with E-state index in [-0.39, 0.29) is 0 Å². The van der Waals surface area contributed by atoms with E-state index >= 15 is 0 Å². The highest BCUT2D eigenvalue weighted by Gasteiger charge is 2.11. The third-order valence-corrected chi connectivity index (χ3v) is 3.48. The average Bonchev–Trinajstić information content (AvgIpc) is 2.92. The van der Waals surface area contributed by atoms with E-state index in [0.717, 1.165) is 28.1 Å². The molecule has 4 nitrogen and oxygen atoms in total. The van der Waals surface area contributed by atoms with E-state index in [0.29, 0.717) is 5.02 Å². The van der Waals surface area contributed by atoms with Crippen molar-refractivity contribution in [1.29, 1.82) is 0 Å². The zero-order valence-corrected chi connectivity index (χ0v) is 11.1. The molecule has 0 fully saturated rings. The van der Waals surface area contributed by atoms with Gasteiger partial charge in [-0.05, 0) is 36.4 Å². The molecule has 0 aliphatic rings. The first-order chi connectivity index (χ1) is 9.83. The van der Waals surface area contributed by atoms with Crippen LogP contribution in [-0.4, -0.2) is 19.6 Å². The fourth-order valence-electron chi connectivity index (χ4n) is 2.29. The Morgan fingerprint density at radius 1 is 0.900 bits per heavy atom. The summed E-state index contributed by atoms with van der Waals surface area (Å²) in [7, 11) is 0. The number of halogens is 1. The van der Waals surface area contributed by atoms with Gasteiger partial charge in [0.15, 0.2) is 11.5 Å². The molecule has 4 aromatic rings. The van der Waals surface area contributed by atoms with Crippen molar-refractivity contribution >= 4 is 28.3 Å². The topological polar surface area (TPSA) is 43.1 Å². The van der Waals surface area contributed by atoms with Gasteiger partial charge in [-0.2, -0.15) is 0 Å². The molecule has 0 saturated carbocycles. The van der Waals surface area contributed by atoms with Crippen molar-refractivity contribution < 1.29 is 0 Å². The van der Waals surface area contributed by atoms with E-state index < -0.39 is 0 Å². The highest BCUT2D eigenvalue weighted by molar-refractivity contribution is 6.30. The molecule has 96 valence electrons. The SMILES string of the molecule is Clc1ccc(-c2nnc3cnc4ccccc4n23)cc1. The van der Waals surface area contributed by atoms with E-state index in [2.05, 4.69) is 15.2 Å². The molecule has 0 atom stereocenters. The lowest BCUT2D eigenvalue weighted by Gasteiger charge is -2.04. The monoisotopic (exact) mass is 280 g/mol. The summed E-state index contributed by atoms with van der Waals surface area (Å²) in [6.45, 7) is 0. The van der Waals surface area contributed by atoms with Crippen LogP contribution < -0.4 is 0 Å². The van der Waals surface area contributed by atoms with Crippen LogP contribution in [0.5, 0.6) is 0 Å². The summed E-state index contributed by atoms with van der Waals surface area (Å²) in [6.07, 6.45) is 1.73. The number of aromatic nitrogens is 4. The van der Waals surface area contributed by atoms with E-state index in [1.165, 1.54) is 0 Å². The van der Waals surface area contributed by atoms with E-state index in [9.17, 15) is 0 Å². The quantitative estimate of drug-likeness (QED) is 0.535. The minimum Gasteiger partial charge on any atom is -0.272 e. The fraction of sp³-hybridized carbons (Fsp3) is 0. The maximum atomic E-state index is 5.93. The number of hydrogen-bond donors (Lipinski definition) is 0. The van der Waals surface area contributed by atoms with Crippen LogP contribution in [0.2, 0.25) is 5.02 Å². The first kappa shape index (κ1) is 11.4. The molecule has 0 bridgehead atoms. The maximum Gasteiger partial charge on any atom is 0.180 e. The Labute approximate surface area is 119 Å². The smallest absolute Gasteiger partial charge is 0.180 e. The second-order valence-electron chi connectivity index (χ2n) is 4.47. The van der Waals surface area contributed by atoms with E-state index in [4.69, 9.17) is 11.6 Å². The van der Waals surface area contributed by atoms with Gasteiger partial charge in [-0.15, -0.1) is 10.2 Å². The lowest BCUT2D eigenvalue weighted by Crippen LogP contribution is -1.93. The van der Waals surface area contributed by atoms with Crippen molar-refractivity contribution in [3.8, 4) is 11.4 Å². The van der Waals surface area contributed by atoms with Crippen LogP contribution in [0, 0.1) is 0 Å². The largest absolute Gasteiger partial charge is 0.272 e. The second-order valence-corrected chi connectivity index (χ2v) is 4.91. The van der Waals surface area contributed by atoms with Crippen molar-refractivity contribution in [2.45, 2.75) is 0 Å². The molecule has 20 heavy (non-hydrogen) atoms. The van der Waals surface area contributed by atoms with Gasteiger partial charge in [0.05, 0.1) is 17.2 Å². The minimum absolute atomic E-state index is 0.703. The zero-order valence-electron chi connectivity index (χ0n) is 10.4. The number of rotatable bonds is 1. The molecule has 0 aliphatic heterocycles. The Kier molecular flexibility index (Phi) is 2.44. The van der Waals surface area contributed by atoms with Crippen molar-refractivity contribution in [2.24, 2.45) is 0 Å². The Morgan fingerprint density at radius 3 is 2.55 bits per heavy atom. The summed E-state index contributed by atoms with van der Waals surface area (Å²) < 4.78 is 2.01. The van der Waals surface area contributed by atoms with Crippen LogP contribution in [0.25, 0.3) is 28.1 Å². The van der Waals surface area contributed by atoms with Gasteiger partial charge in [-0.3, -0.25) is 9.38 Å². The first-order valence-corrected chi connectivity index (χ1v) is 6.55. The van der Waals surface area contributed by atoms with Gasteiger partial charge >= 0.3 is 0 Å². The van der Waals surface area contributed by atoms with Crippen LogP contribution in [0.3, 0.4) is 0 Å². The molecule has 2 heterocycles. The molecule has 2 aromatic heterocycles. The molecule has 4 rings (SSSR count). The third kappa shape index (κ3) is 1.66. The van der Waals surface area contributed by atoms with Crippen LogP contribution in [0.4, 0.5) is 0 Å². The summed E-state index contributed by atoms with van der Waals surface area (Å²) in [5.74, 6) is 0.787. The van der Waals surface area contributed by atoms with Crippen molar-refractivity contribution in [1.82, 2.24) is 19.6 Å². The second kappa shape index (κ2) is 4.28. The summed E-state index contributed by atoms with van der Waals surface area (Å²) in [5, 5.41) is 9.16. The average molecular weight is 281 g/mol. The van der Waals surface area contributed by atoms with Gasteiger partial charge < -0.3 is 0 Å². The minimum atomic E-state index is 0.703. The van der Waals surface area contributed by atoms with Crippen LogP contribution in [0.1, 0.15) is 0 Å². The predicted octanol–water partition coefficient (Wildman–Crippen LogP) is 3.60. The normalized spacial score (nSPS) is 11.2. The molecule has 0 amide bonds. The molecule has 2 aromatic carbocycles. The summed E-state index contributed by atoms with van der Waals surface area (Å²) in [6, 6.07) is 15.5. The van der Waals surface area contributed by atoms with E-state index in [1.807, 2.05) is 52.9 Å². The summed E-state index contributed by atoms with van der Waals surface area (Å²) >= 11 is 5.93. The summed E-state index contributed by atoms with van der Waals surface area (Å²) in [4.78, 5) is 4.39. The molecule has 0 aliphatic carbocycles. The number of benzene rings is 2. The maximum absolute atomic E-state index is 5.93. The van der Waals surface area contributed by atoms with Crippen molar-refractivity contribution in [3.05, 3.63) is 59.8 Å². The first-order valence-electron chi connectivity index (χ1n) is 6.18. The predicted molar refractivity (Wildman–Crippen MR) is 78.7 cm³/mol. The number of hydrogen-bond acceptors (Lipinski definition) is 3. The molecule has 0 radical (unpaired) electrons. The van der Waals surface area contributed by atoms with E-state index in [1.54, 1.807) is 6.20 Å². The zero-order chi connectivity index (χ0) is 13.5. The van der Waals surface area contributed by atoms with Gasteiger partial charge in [0.25, 0.3) is 0 Å². The van der Waals surface area contributed by atoms with Crippen molar-refractivity contribution in [2.75, 3.05) is 0 Å². The van der Waals surface area contributed by atoms with Crippen LogP contribution in [-0.2, 0) is 0 Å². The lowest BCUT2D eigenvalue weighted by atomic mass is 10.2. The Hall–Kier alpha value is -2.46. The Bertz CT molecular complexity index is 912. The van der Waals surface area contributed by atoms with Gasteiger partial charge in [-0.1, -0.05) is 23.7 Å². The van der Waals surface area contributed by atoms with Crippen molar-refractivity contribution in [3.63, 3.8) is 0 Å². The highest BCUT2D eigenvalue weighted by atomic mass is 35.5. The molecule has 0 saturated heterocycles. The molecule has 0 unspecified atom stereocenters. The van der Waals surface area contributed by atoms with Crippen LogP contribution in [0.15, 0.2) is 54.7 Å². The summed E-state index contributed by atoms with van der Waals surface area (Å²) in [5.41, 5.74) is 3.60. The molecule has 5 heteroatoms. The van der Waals surface area contributed by atoms with Crippen LogP contribution >= 0.6 is 11.6 Å². The Morgan fingerprint density at radius 2 is 1.70 bits per heavy atom. The van der Waals surface area contributed by atoms with Gasteiger partial charge in [0.1, 0.15) is 0 Å². The van der Waals surface area contributed by atoms with Gasteiger partial charge in [-0.25, -0.2) is 0 Å². The lowest BCUT2D eigenvalue weighted by molar-refractivity contribution is 1.12. The third-order valence-electron chi connectivity index (χ3n) is 3.23. The number of fused-ring (bicyclic) bond motifs is 3. The molecular weight excluding hydrogens is 272 g/mol. The fourth-order valence-corrected chi connectivity index (χ4v) is 2.42. The number of para-hydroxylation sites is 2. The van der Waals surface area contributed by atoms with Gasteiger partial charge in [0.2, 0.25) is 0 Å². The Balaban J connectivity index is 2.09. The highest BCUT2D eigenvalue weighted by Crippen LogP contribution is 2.23. The van der Waals surface area contributed by atoms with Gasteiger partial charge in [0, 0.05) is 10.6 Å². The molecular formula is C15H9ClN4. The number of nitrogens with zero attached hydrogens (tertiary/aromatic N) is 4. The standard InChI is InChI=1S/C15H9ClN4/c16-11-7-5-10(6-8-11)15-19-18-14-9-17-12-3-1-2-4-13(12)20(14)15/h1-9H.